The molecule has 0 spiro atoms. The van der Waals surface area contributed by atoms with Crippen molar-refractivity contribution in [2.45, 2.75) is 34.1 Å². The molecule has 0 unspecified atom stereocenters. The molecule has 0 bridgehead atoms. The second-order valence-electron chi connectivity index (χ2n) is 13.2. The zero-order valence-electron chi connectivity index (χ0n) is 38.4. The Labute approximate surface area is 405 Å². The SMILES string of the molecule is CCN(CC)C(=O)/C(C#N)=C/c1cc(O)c(O)c([N+](=O)[O-])c1.CCN(CC)C(=O)CC#N.COc1cc(C=O)cc([N+](=O)[O-])c1O.O=Cc1cc(O)c(O)c([N+](=O)[O-])c1.O=Cc1cc(O)c(O)c([N+](=O)[O-])c1. The highest BCUT2D eigenvalue weighted by Crippen LogP contribution is 2.39. The van der Waals surface area contributed by atoms with Gasteiger partial charge in [0.1, 0.15) is 36.9 Å². The van der Waals surface area contributed by atoms with Gasteiger partial charge in [0.05, 0.1) is 32.9 Å². The molecule has 0 atom stereocenters. The minimum absolute atomic E-state index is 0.00167. The number of likely N-dealkylation sites (N-methyl/N-ethyl adjacent to an activating group) is 1. The highest BCUT2D eigenvalue weighted by Gasteiger charge is 2.23. The Morgan fingerprint density at radius 2 is 0.875 bits per heavy atom. The maximum absolute atomic E-state index is 12.1. The van der Waals surface area contributed by atoms with Crippen LogP contribution in [0.2, 0.25) is 0 Å². The van der Waals surface area contributed by atoms with Crippen LogP contribution < -0.4 is 4.74 Å². The molecule has 0 aliphatic carbocycles. The number of aldehydes is 3. The Morgan fingerprint density at radius 3 is 1.17 bits per heavy atom. The smallest absolute Gasteiger partial charge is 0.315 e. The number of rotatable bonds is 15. The number of methoxy groups -OCH3 is 1. The van der Waals surface area contributed by atoms with Crippen molar-refractivity contribution < 1.29 is 84.1 Å². The van der Waals surface area contributed by atoms with Crippen molar-refractivity contribution >= 4 is 59.5 Å². The fourth-order valence-electron chi connectivity index (χ4n) is 5.24. The minimum Gasteiger partial charge on any atom is -0.504 e. The fraction of sp³-hybridized carbons (Fsp3) is 0.233. The predicted octanol–water partition coefficient (Wildman–Crippen LogP) is 5.31. The van der Waals surface area contributed by atoms with Gasteiger partial charge >= 0.3 is 22.7 Å². The van der Waals surface area contributed by atoms with Crippen LogP contribution in [-0.2, 0) is 9.59 Å². The van der Waals surface area contributed by atoms with Gasteiger partial charge in [-0.2, -0.15) is 10.5 Å². The summed E-state index contributed by atoms with van der Waals surface area (Å²) < 4.78 is 4.66. The summed E-state index contributed by atoms with van der Waals surface area (Å²) >= 11 is 0. The van der Waals surface area contributed by atoms with E-state index in [9.17, 15) is 79.7 Å². The van der Waals surface area contributed by atoms with E-state index in [1.54, 1.807) is 24.8 Å². The van der Waals surface area contributed by atoms with E-state index in [0.29, 0.717) is 45.0 Å². The van der Waals surface area contributed by atoms with Crippen molar-refractivity contribution in [2.24, 2.45) is 0 Å². The zero-order chi connectivity index (χ0) is 55.6. The van der Waals surface area contributed by atoms with Crippen molar-refractivity contribution in [2.75, 3.05) is 33.3 Å². The molecule has 382 valence electrons. The van der Waals surface area contributed by atoms with Crippen molar-refractivity contribution in [3.63, 3.8) is 0 Å². The van der Waals surface area contributed by atoms with Crippen molar-refractivity contribution in [1.82, 2.24) is 9.80 Å². The normalized spacial score (nSPS) is 9.79. The van der Waals surface area contributed by atoms with Gasteiger partial charge in [0, 0.05) is 67.1 Å². The molecule has 4 rings (SSSR count). The number of nitriles is 2. The number of benzene rings is 4. The molecule has 2 amide bonds. The molecule has 0 fully saturated rings. The number of carbonyl (C=O) groups is 5. The first-order valence-corrected chi connectivity index (χ1v) is 19.9. The quantitative estimate of drug-likeness (QED) is 0.0198. The van der Waals surface area contributed by atoms with Gasteiger partial charge in [-0.3, -0.25) is 64.4 Å². The molecule has 0 saturated heterocycles. The molecular weight excluding hydrogens is 965 g/mol. The van der Waals surface area contributed by atoms with E-state index in [1.165, 1.54) is 18.1 Å². The van der Waals surface area contributed by atoms with Crippen LogP contribution in [0.1, 0.15) is 70.8 Å². The van der Waals surface area contributed by atoms with Gasteiger partial charge in [-0.15, -0.1) is 0 Å². The van der Waals surface area contributed by atoms with Gasteiger partial charge < -0.3 is 50.3 Å². The van der Waals surface area contributed by atoms with Crippen molar-refractivity contribution in [3.8, 4) is 58.1 Å². The monoisotopic (exact) mass is 1010 g/mol. The number of nitrogens with zero attached hydrogens (tertiary/aromatic N) is 8. The van der Waals surface area contributed by atoms with E-state index in [1.807, 2.05) is 19.9 Å². The molecule has 0 aliphatic heterocycles. The lowest BCUT2D eigenvalue weighted by atomic mass is 10.1. The molecule has 4 aromatic carbocycles. The average molecular weight is 1010 g/mol. The molecule has 7 N–H and O–H groups in total. The summed E-state index contributed by atoms with van der Waals surface area (Å²) in [5, 5.41) is 123. The number of aromatic hydroxyl groups is 7. The number of hydrogen-bond acceptors (Lipinski definition) is 23. The Kier molecular flexibility index (Phi) is 25.7. The Balaban J connectivity index is 0.000000900. The maximum atomic E-state index is 12.1. The van der Waals surface area contributed by atoms with Gasteiger partial charge in [-0.25, -0.2) is 0 Å². The number of nitro groups is 4. The third kappa shape index (κ3) is 18.0. The average Bonchev–Trinajstić information content (AvgIpc) is 3.34. The van der Waals surface area contributed by atoms with Crippen molar-refractivity contribution in [1.29, 1.82) is 10.5 Å². The molecule has 29 heteroatoms. The molecule has 0 aromatic heterocycles. The van der Waals surface area contributed by atoms with Gasteiger partial charge in [-0.05, 0) is 63.6 Å². The third-order valence-electron chi connectivity index (χ3n) is 8.83. The first kappa shape index (κ1) is 61.5. The summed E-state index contributed by atoms with van der Waals surface area (Å²) in [5.74, 6) is -5.87. The minimum atomic E-state index is -0.887. The van der Waals surface area contributed by atoms with Crippen LogP contribution in [0.15, 0.2) is 54.1 Å². The van der Waals surface area contributed by atoms with Gasteiger partial charge in [0.15, 0.2) is 23.0 Å². The van der Waals surface area contributed by atoms with Gasteiger partial charge in [0.2, 0.25) is 28.9 Å². The molecule has 4 aromatic rings. The lowest BCUT2D eigenvalue weighted by Crippen LogP contribution is -2.31. The number of hydrogen-bond donors (Lipinski definition) is 7. The lowest BCUT2D eigenvalue weighted by Gasteiger charge is -2.17. The topological polar surface area (TPSA) is 463 Å². The van der Waals surface area contributed by atoms with Gasteiger partial charge in [-0.1, -0.05) is 0 Å². The fourth-order valence-corrected chi connectivity index (χ4v) is 5.24. The zero-order valence-corrected chi connectivity index (χ0v) is 38.4. The summed E-state index contributed by atoms with van der Waals surface area (Å²) in [6.45, 7) is 9.53. The molecule has 0 saturated carbocycles. The first-order valence-electron chi connectivity index (χ1n) is 19.9. The van der Waals surface area contributed by atoms with E-state index in [4.69, 9.17) is 30.9 Å². The largest absolute Gasteiger partial charge is 0.504 e. The van der Waals surface area contributed by atoms with E-state index >= 15 is 0 Å². The first-order chi connectivity index (χ1) is 33.8. The Bertz CT molecular complexity index is 2720. The molecule has 29 nitrogen and oxygen atoms in total. The molecule has 0 radical (unpaired) electrons. The number of amides is 2. The van der Waals surface area contributed by atoms with Crippen LogP contribution in [0.25, 0.3) is 6.08 Å². The Hall–Kier alpha value is -10.5. The van der Waals surface area contributed by atoms with E-state index < -0.39 is 88.6 Å². The molecule has 0 heterocycles. The van der Waals surface area contributed by atoms with Crippen LogP contribution >= 0.6 is 0 Å². The summed E-state index contributed by atoms with van der Waals surface area (Å²) in [7, 11) is 1.24. The van der Waals surface area contributed by atoms with Crippen LogP contribution in [0.3, 0.4) is 0 Å². The summed E-state index contributed by atoms with van der Waals surface area (Å²) in [5.41, 5.74) is -2.85. The third-order valence-corrected chi connectivity index (χ3v) is 8.83. The van der Waals surface area contributed by atoms with E-state index in [-0.39, 0.29) is 45.9 Å². The predicted molar refractivity (Wildman–Crippen MR) is 246 cm³/mol. The summed E-state index contributed by atoms with van der Waals surface area (Å²) in [6.07, 6.45) is 2.25. The summed E-state index contributed by atoms with van der Waals surface area (Å²) in [6, 6.07) is 11.4. The van der Waals surface area contributed by atoms with Gasteiger partial charge in [0.25, 0.3) is 5.91 Å². The highest BCUT2D eigenvalue weighted by atomic mass is 16.6. The molecular formula is C43H44N8O21. The molecule has 72 heavy (non-hydrogen) atoms. The molecule has 0 aliphatic rings. The van der Waals surface area contributed by atoms with Crippen molar-refractivity contribution in [3.05, 3.63) is 117 Å². The highest BCUT2D eigenvalue weighted by molar-refractivity contribution is 6.01. The second-order valence-corrected chi connectivity index (χ2v) is 13.2. The number of phenols is 7. The summed E-state index contributed by atoms with van der Waals surface area (Å²) in [4.78, 5) is 95.2. The number of phenolic OH excluding ortho intramolecular Hbond substituents is 7. The lowest BCUT2D eigenvalue weighted by molar-refractivity contribution is -0.386. The second kappa shape index (κ2) is 30.0. The number of nitro benzene ring substituents is 4. The van der Waals surface area contributed by atoms with Crippen LogP contribution in [0, 0.1) is 63.1 Å². The van der Waals surface area contributed by atoms with Crippen LogP contribution in [-0.4, -0.2) is 129 Å². The number of ether oxygens (including phenoxy) is 1. The maximum Gasteiger partial charge on any atom is 0.315 e. The van der Waals surface area contributed by atoms with Crippen LogP contribution in [0.4, 0.5) is 22.7 Å². The standard InChI is InChI=1S/C14H15N3O5.C8H7NO5.C7H12N2O.2C7H5NO5/c1-3-16(4-2)14(20)10(8-15)5-9-6-11(17(21)22)13(19)12(18)7-9;1-14-7-3-5(4-10)2-6(8(7)11)9(12)13;1-3-9(4-2)7(10)5-6-8;2*9-3-4-1-5(8(12)13)7(11)6(10)2-4/h5-7,18-19H,3-4H2,1-2H3;2-4,11H,1H3;3-5H2,1-2H3;2*1-3,10-11H/b10-5+;;;;. The Morgan fingerprint density at radius 1 is 0.556 bits per heavy atom. The van der Waals surface area contributed by atoms with Crippen LogP contribution in [0.5, 0.6) is 46.0 Å². The van der Waals surface area contributed by atoms with E-state index in [0.717, 1.165) is 48.5 Å². The van der Waals surface area contributed by atoms with E-state index in [2.05, 4.69) is 4.74 Å². The number of carbonyl (C=O) groups excluding carboxylic acids is 5.